The van der Waals surface area contributed by atoms with Crippen molar-refractivity contribution in [2.24, 2.45) is 5.92 Å². The van der Waals surface area contributed by atoms with Crippen LogP contribution in [0, 0.1) is 11.7 Å². The molecular weight excluding hydrogens is 474 g/mol. The van der Waals surface area contributed by atoms with Gasteiger partial charge in [0.05, 0.1) is 13.0 Å². The monoisotopic (exact) mass is 506 g/mol. The fourth-order valence-electron chi connectivity index (χ4n) is 4.57. The molecule has 0 saturated heterocycles. The summed E-state index contributed by atoms with van der Waals surface area (Å²) in [7, 11) is -4.11. The molecule has 0 unspecified atom stereocenters. The number of ether oxygens (including phenoxy) is 1. The fraction of sp³-hybridized carbons (Fsp3) is 0.500. The summed E-state index contributed by atoms with van der Waals surface area (Å²) in [6.45, 7) is 2.36. The standard InChI is InChI=1S/C26H32F2N2O4S/c1-2-19-16-18-6-3-7-20(17-18)21-8-4-9-22(27)25(21)34-15-11-24(31)29-14-5-10-23(19)30-35(32,33)26(28)12-13-26/h3-4,6-9,17,19,23,30H,2,5,10-16H2,1H3,(H,29,31)/t19-,23-/m0/s1. The third kappa shape index (κ3) is 6.01. The molecule has 2 N–H and O–H groups in total. The highest BCUT2D eigenvalue weighted by Crippen LogP contribution is 2.44. The van der Waals surface area contributed by atoms with Gasteiger partial charge in [-0.3, -0.25) is 4.79 Å². The van der Waals surface area contributed by atoms with Crippen molar-refractivity contribution >= 4 is 15.9 Å². The first kappa shape index (κ1) is 25.6. The molecule has 4 rings (SSSR count). The lowest BCUT2D eigenvalue weighted by atomic mass is 9.87. The molecule has 190 valence electrons. The number of rotatable bonds is 4. The molecule has 1 saturated carbocycles. The highest BCUT2D eigenvalue weighted by Gasteiger charge is 2.56. The van der Waals surface area contributed by atoms with Gasteiger partial charge in [0.1, 0.15) is 0 Å². The van der Waals surface area contributed by atoms with Crippen LogP contribution in [0.15, 0.2) is 42.5 Å². The molecule has 1 fully saturated rings. The molecule has 0 aromatic heterocycles. The number of alkyl halides is 1. The second-order valence-electron chi connectivity index (χ2n) is 9.39. The largest absolute Gasteiger partial charge is 0.489 e. The summed E-state index contributed by atoms with van der Waals surface area (Å²) in [5.74, 6) is -0.730. The first-order valence-electron chi connectivity index (χ1n) is 12.2. The minimum atomic E-state index is -4.11. The Morgan fingerprint density at radius 2 is 1.97 bits per heavy atom. The van der Waals surface area contributed by atoms with E-state index in [0.717, 1.165) is 11.1 Å². The number of hydrogen-bond donors (Lipinski definition) is 2. The van der Waals surface area contributed by atoms with Crippen LogP contribution in [0.4, 0.5) is 8.78 Å². The van der Waals surface area contributed by atoms with Gasteiger partial charge in [0.2, 0.25) is 20.9 Å². The van der Waals surface area contributed by atoms with E-state index in [2.05, 4.69) is 10.0 Å². The number of hydrogen-bond acceptors (Lipinski definition) is 4. The molecule has 35 heavy (non-hydrogen) atoms. The molecule has 1 aliphatic heterocycles. The quantitative estimate of drug-likeness (QED) is 0.640. The van der Waals surface area contributed by atoms with E-state index < -0.39 is 26.9 Å². The SMILES string of the molecule is CC[C@H]1Cc2cccc(c2)-c2cccc(F)c2OCCC(=O)NCCC[C@@H]1NS(=O)(=O)C1(F)CC1. The Bertz CT molecular complexity index is 1170. The Labute approximate surface area is 205 Å². The van der Waals surface area contributed by atoms with Gasteiger partial charge < -0.3 is 10.1 Å². The van der Waals surface area contributed by atoms with Crippen molar-refractivity contribution in [3.63, 3.8) is 0 Å². The molecule has 2 aromatic rings. The second kappa shape index (κ2) is 10.6. The van der Waals surface area contributed by atoms with E-state index >= 15 is 0 Å². The van der Waals surface area contributed by atoms with E-state index in [1.165, 1.54) is 6.07 Å². The van der Waals surface area contributed by atoms with Crippen LogP contribution >= 0.6 is 0 Å². The highest BCUT2D eigenvalue weighted by atomic mass is 32.2. The maximum atomic E-state index is 14.6. The first-order valence-corrected chi connectivity index (χ1v) is 13.7. The van der Waals surface area contributed by atoms with Gasteiger partial charge in [-0.15, -0.1) is 0 Å². The molecule has 1 aliphatic carbocycles. The first-order chi connectivity index (χ1) is 16.7. The smallest absolute Gasteiger partial charge is 0.247 e. The number of amides is 1. The summed E-state index contributed by atoms with van der Waals surface area (Å²) in [5, 5.41) is 0.626. The Hall–Kier alpha value is -2.52. The Morgan fingerprint density at radius 1 is 1.20 bits per heavy atom. The van der Waals surface area contributed by atoms with Gasteiger partial charge in [-0.05, 0) is 42.4 Å². The minimum absolute atomic E-state index is 0.0159. The lowest BCUT2D eigenvalue weighted by Crippen LogP contribution is -2.45. The van der Waals surface area contributed by atoms with E-state index in [9.17, 15) is 22.0 Å². The van der Waals surface area contributed by atoms with Gasteiger partial charge in [0, 0.05) is 31.0 Å². The van der Waals surface area contributed by atoms with Crippen molar-refractivity contribution in [3.8, 4) is 16.9 Å². The Balaban J connectivity index is 1.67. The van der Waals surface area contributed by atoms with Gasteiger partial charge in [0.25, 0.3) is 0 Å². The molecule has 2 bridgehead atoms. The number of nitrogens with one attached hydrogen (secondary N) is 2. The number of halogens is 2. The van der Waals surface area contributed by atoms with Gasteiger partial charge in [0.15, 0.2) is 11.6 Å². The van der Waals surface area contributed by atoms with Crippen LogP contribution in [-0.2, 0) is 21.2 Å². The van der Waals surface area contributed by atoms with Crippen LogP contribution in [0.1, 0.15) is 51.0 Å². The summed E-state index contributed by atoms with van der Waals surface area (Å²) in [5.41, 5.74) is 2.31. The molecular formula is C26H32F2N2O4S. The topological polar surface area (TPSA) is 84.5 Å². The van der Waals surface area contributed by atoms with Gasteiger partial charge >= 0.3 is 0 Å². The van der Waals surface area contributed by atoms with Crippen LogP contribution in [-0.4, -0.2) is 38.5 Å². The van der Waals surface area contributed by atoms with Gasteiger partial charge in [-0.25, -0.2) is 21.9 Å². The van der Waals surface area contributed by atoms with E-state index in [0.29, 0.717) is 37.8 Å². The van der Waals surface area contributed by atoms with Crippen molar-refractivity contribution in [2.45, 2.75) is 62.9 Å². The molecule has 6 nitrogen and oxygen atoms in total. The maximum absolute atomic E-state index is 14.6. The van der Waals surface area contributed by atoms with Crippen molar-refractivity contribution in [3.05, 3.63) is 53.8 Å². The molecule has 2 aromatic carbocycles. The van der Waals surface area contributed by atoms with E-state index in [4.69, 9.17) is 4.74 Å². The predicted octanol–water partition coefficient (Wildman–Crippen LogP) is 4.49. The lowest BCUT2D eigenvalue weighted by Gasteiger charge is -2.28. The average Bonchev–Trinajstić information content (AvgIpc) is 3.59. The number of fused-ring (bicyclic) bond motifs is 4. The van der Waals surface area contributed by atoms with Crippen LogP contribution in [0.2, 0.25) is 0 Å². The number of carbonyl (C=O) groups excluding carboxylic acids is 1. The summed E-state index contributed by atoms with van der Waals surface area (Å²) < 4.78 is 62.9. The van der Waals surface area contributed by atoms with Gasteiger partial charge in [-0.1, -0.05) is 49.7 Å². The number of sulfonamides is 1. The highest BCUT2D eigenvalue weighted by molar-refractivity contribution is 7.91. The van der Waals surface area contributed by atoms with Crippen molar-refractivity contribution in [1.29, 1.82) is 0 Å². The molecule has 1 amide bonds. The molecule has 2 atom stereocenters. The third-order valence-corrected chi connectivity index (χ3v) is 8.80. The Morgan fingerprint density at radius 3 is 2.71 bits per heavy atom. The normalized spacial score (nSPS) is 23.0. The van der Waals surface area contributed by atoms with Crippen LogP contribution in [0.5, 0.6) is 5.75 Å². The molecule has 0 radical (unpaired) electrons. The average molecular weight is 507 g/mol. The predicted molar refractivity (Wildman–Crippen MR) is 131 cm³/mol. The van der Waals surface area contributed by atoms with E-state index in [-0.39, 0.29) is 43.4 Å². The lowest BCUT2D eigenvalue weighted by molar-refractivity contribution is -0.121. The number of carbonyl (C=O) groups is 1. The van der Waals surface area contributed by atoms with E-state index in [1.54, 1.807) is 12.1 Å². The fourth-order valence-corrected chi connectivity index (χ4v) is 6.13. The summed E-state index contributed by atoms with van der Waals surface area (Å²) >= 11 is 0. The van der Waals surface area contributed by atoms with Crippen molar-refractivity contribution < 1.29 is 26.7 Å². The molecule has 9 heteroatoms. The van der Waals surface area contributed by atoms with E-state index in [1.807, 2.05) is 31.2 Å². The van der Waals surface area contributed by atoms with Gasteiger partial charge in [-0.2, -0.15) is 0 Å². The van der Waals surface area contributed by atoms with Crippen molar-refractivity contribution in [1.82, 2.24) is 10.0 Å². The number of para-hydroxylation sites is 1. The summed E-state index contributed by atoms with van der Waals surface area (Å²) in [4.78, 5) is 12.2. The zero-order chi connectivity index (χ0) is 25.1. The molecule has 1 heterocycles. The summed E-state index contributed by atoms with van der Waals surface area (Å²) in [6.07, 6.45) is 2.34. The zero-order valence-corrected chi connectivity index (χ0v) is 20.7. The van der Waals surface area contributed by atoms with Crippen LogP contribution in [0.25, 0.3) is 11.1 Å². The maximum Gasteiger partial charge on any atom is 0.247 e. The minimum Gasteiger partial charge on any atom is -0.489 e. The molecule has 0 spiro atoms. The van der Waals surface area contributed by atoms with Crippen molar-refractivity contribution in [2.75, 3.05) is 13.2 Å². The van der Waals surface area contributed by atoms with Crippen LogP contribution in [0.3, 0.4) is 0 Å². The Kier molecular flexibility index (Phi) is 7.76. The second-order valence-corrected chi connectivity index (χ2v) is 11.4. The molecule has 2 aliphatic rings. The third-order valence-electron chi connectivity index (χ3n) is 6.82. The van der Waals surface area contributed by atoms with Crippen LogP contribution < -0.4 is 14.8 Å². The zero-order valence-electron chi connectivity index (χ0n) is 19.9. The summed E-state index contributed by atoms with van der Waals surface area (Å²) in [6, 6.07) is 11.9. The number of benzene rings is 2.